The van der Waals surface area contributed by atoms with Crippen LogP contribution < -0.4 is 4.74 Å². The number of hydrogen-bond acceptors (Lipinski definition) is 3. The van der Waals surface area contributed by atoms with E-state index in [1.165, 1.54) is 0 Å². The summed E-state index contributed by atoms with van der Waals surface area (Å²) in [6.45, 7) is 2.25. The number of rotatable bonds is 8. The summed E-state index contributed by atoms with van der Waals surface area (Å²) in [6.07, 6.45) is -3.35. The molecule has 6 heteroatoms. The fraction of sp³-hybridized carbons (Fsp3) is 0.375. The molecule has 0 amide bonds. The van der Waals surface area contributed by atoms with E-state index < -0.39 is 18.2 Å². The number of fused-ring (bicyclic) bond motifs is 1. The Labute approximate surface area is 174 Å². The van der Waals surface area contributed by atoms with E-state index in [0.717, 1.165) is 16.7 Å². The van der Waals surface area contributed by atoms with Crippen LogP contribution in [0.4, 0.5) is 13.2 Å². The molecule has 0 spiro atoms. The third kappa shape index (κ3) is 5.88. The number of esters is 1. The smallest absolute Gasteiger partial charge is 0.425 e. The Morgan fingerprint density at radius 1 is 1.10 bits per heavy atom. The number of benzene rings is 2. The maximum atomic E-state index is 13.1. The molecule has 0 saturated carbocycles. The van der Waals surface area contributed by atoms with E-state index in [4.69, 9.17) is 9.47 Å². The molecule has 2 aromatic rings. The predicted octanol–water partition coefficient (Wildman–Crippen LogP) is 6.26. The second-order valence-corrected chi connectivity index (χ2v) is 7.38. The van der Waals surface area contributed by atoms with Crippen LogP contribution in [0.2, 0.25) is 0 Å². The third-order valence-corrected chi connectivity index (χ3v) is 5.05. The highest BCUT2D eigenvalue weighted by molar-refractivity contribution is 5.94. The molecule has 3 nitrogen and oxygen atoms in total. The van der Waals surface area contributed by atoms with E-state index in [1.807, 2.05) is 42.5 Å². The molecular weight excluding hydrogens is 393 g/mol. The molecule has 0 aliphatic heterocycles. The lowest BCUT2D eigenvalue weighted by Gasteiger charge is -2.22. The number of ether oxygens (including phenoxy) is 2. The molecule has 1 atom stereocenters. The average Bonchev–Trinajstić information content (AvgIpc) is 2.74. The van der Waals surface area contributed by atoms with E-state index in [9.17, 15) is 18.0 Å². The molecule has 30 heavy (non-hydrogen) atoms. The maximum Gasteiger partial charge on any atom is 0.425 e. The van der Waals surface area contributed by atoms with Crippen molar-refractivity contribution in [2.75, 3.05) is 0 Å². The lowest BCUT2D eigenvalue weighted by atomic mass is 9.92. The summed E-state index contributed by atoms with van der Waals surface area (Å²) in [5, 5.41) is 0. The van der Waals surface area contributed by atoms with Crippen molar-refractivity contribution in [3.8, 4) is 5.75 Å². The molecule has 2 aromatic carbocycles. The number of carbonyl (C=O) groups is 1. The number of halogens is 3. The van der Waals surface area contributed by atoms with Gasteiger partial charge in [0.25, 0.3) is 0 Å². The molecule has 1 unspecified atom stereocenters. The van der Waals surface area contributed by atoms with Gasteiger partial charge in [-0.3, -0.25) is 0 Å². The minimum atomic E-state index is -4.55. The van der Waals surface area contributed by atoms with Crippen LogP contribution in [0.15, 0.2) is 54.1 Å². The standard InChI is InChI=1S/C24H25F3O3/c1-2-3-9-22(24(25,26)27)30-23(28)20-11-10-19-15-21(13-12-18(19)14-20)29-16-17-7-5-4-6-8-17/h4-8,12-15,22H,2-3,9-11,16H2,1H3. The second kappa shape index (κ2) is 9.83. The molecule has 0 N–H and O–H groups in total. The molecule has 0 fully saturated rings. The van der Waals surface area contributed by atoms with Crippen molar-refractivity contribution in [3.63, 3.8) is 0 Å². The summed E-state index contributed by atoms with van der Waals surface area (Å²) in [6, 6.07) is 15.3. The Bertz CT molecular complexity index is 888. The number of unbranched alkanes of at least 4 members (excludes halogenated alkanes) is 1. The van der Waals surface area contributed by atoms with Gasteiger partial charge in [0.15, 0.2) is 6.10 Å². The molecule has 1 aliphatic carbocycles. The van der Waals surface area contributed by atoms with Gasteiger partial charge in [-0.15, -0.1) is 0 Å². The summed E-state index contributed by atoms with van der Waals surface area (Å²) < 4.78 is 50.1. The molecule has 1 aliphatic rings. The summed E-state index contributed by atoms with van der Waals surface area (Å²) in [7, 11) is 0. The van der Waals surface area contributed by atoms with Crippen molar-refractivity contribution in [2.45, 2.75) is 57.9 Å². The molecule has 160 valence electrons. The first kappa shape index (κ1) is 21.9. The van der Waals surface area contributed by atoms with Gasteiger partial charge in [-0.2, -0.15) is 13.2 Å². The highest BCUT2D eigenvalue weighted by Crippen LogP contribution is 2.31. The summed E-state index contributed by atoms with van der Waals surface area (Å²) >= 11 is 0. The van der Waals surface area contributed by atoms with Crippen LogP contribution in [0, 0.1) is 0 Å². The maximum absolute atomic E-state index is 13.1. The Hall–Kier alpha value is -2.76. The van der Waals surface area contributed by atoms with Gasteiger partial charge in [0.1, 0.15) is 12.4 Å². The van der Waals surface area contributed by atoms with Gasteiger partial charge in [0.05, 0.1) is 0 Å². The first-order valence-electron chi connectivity index (χ1n) is 10.1. The molecular formula is C24H25F3O3. The SMILES string of the molecule is CCCCC(OC(=O)C1=Cc2ccc(OCc3ccccc3)cc2CC1)C(F)(F)F. The zero-order valence-electron chi connectivity index (χ0n) is 16.9. The van der Waals surface area contributed by atoms with Crippen LogP contribution in [-0.4, -0.2) is 18.2 Å². The zero-order chi connectivity index (χ0) is 21.6. The van der Waals surface area contributed by atoms with Crippen LogP contribution in [0.25, 0.3) is 6.08 Å². The van der Waals surface area contributed by atoms with E-state index in [0.29, 0.717) is 38.0 Å². The lowest BCUT2D eigenvalue weighted by Crippen LogP contribution is -2.34. The molecule has 0 saturated heterocycles. The van der Waals surface area contributed by atoms with Crippen LogP contribution >= 0.6 is 0 Å². The van der Waals surface area contributed by atoms with Crippen molar-refractivity contribution >= 4 is 12.0 Å². The Balaban J connectivity index is 1.66. The van der Waals surface area contributed by atoms with Crippen LogP contribution in [0.5, 0.6) is 5.75 Å². The number of alkyl halides is 3. The van der Waals surface area contributed by atoms with Gasteiger partial charge in [0, 0.05) is 5.57 Å². The normalized spacial score (nSPS) is 14.5. The number of carbonyl (C=O) groups excluding carboxylic acids is 1. The quantitative estimate of drug-likeness (QED) is 0.475. The molecule has 0 heterocycles. The largest absolute Gasteiger partial charge is 0.489 e. The van der Waals surface area contributed by atoms with Crippen LogP contribution in [0.1, 0.15) is 49.3 Å². The van der Waals surface area contributed by atoms with E-state index in [-0.39, 0.29) is 12.0 Å². The van der Waals surface area contributed by atoms with E-state index >= 15 is 0 Å². The number of aryl methyl sites for hydroxylation is 1. The Morgan fingerprint density at radius 2 is 1.87 bits per heavy atom. The van der Waals surface area contributed by atoms with Crippen molar-refractivity contribution in [2.24, 2.45) is 0 Å². The molecule has 3 rings (SSSR count). The second-order valence-electron chi connectivity index (χ2n) is 7.38. The average molecular weight is 418 g/mol. The van der Waals surface area contributed by atoms with Crippen molar-refractivity contribution < 1.29 is 27.4 Å². The van der Waals surface area contributed by atoms with Gasteiger partial charge < -0.3 is 9.47 Å². The Morgan fingerprint density at radius 3 is 2.57 bits per heavy atom. The van der Waals surface area contributed by atoms with Crippen LogP contribution in [0.3, 0.4) is 0 Å². The highest BCUT2D eigenvalue weighted by Gasteiger charge is 2.42. The predicted molar refractivity (Wildman–Crippen MR) is 109 cm³/mol. The van der Waals surface area contributed by atoms with Gasteiger partial charge in [-0.1, -0.05) is 49.7 Å². The van der Waals surface area contributed by atoms with E-state index in [2.05, 4.69) is 0 Å². The third-order valence-electron chi connectivity index (χ3n) is 5.05. The van der Waals surface area contributed by atoms with Crippen molar-refractivity contribution in [1.29, 1.82) is 0 Å². The van der Waals surface area contributed by atoms with Crippen molar-refractivity contribution in [1.82, 2.24) is 0 Å². The molecule has 0 aromatic heterocycles. The topological polar surface area (TPSA) is 35.5 Å². The molecule has 0 radical (unpaired) electrons. The lowest BCUT2D eigenvalue weighted by molar-refractivity contribution is -0.220. The minimum absolute atomic E-state index is 0.211. The van der Waals surface area contributed by atoms with Crippen molar-refractivity contribution in [3.05, 3.63) is 70.8 Å². The first-order valence-corrected chi connectivity index (χ1v) is 10.1. The summed E-state index contributed by atoms with van der Waals surface area (Å²) in [5.41, 5.74) is 3.13. The number of hydrogen-bond donors (Lipinski definition) is 0. The fourth-order valence-electron chi connectivity index (χ4n) is 3.34. The minimum Gasteiger partial charge on any atom is -0.489 e. The monoisotopic (exact) mass is 418 g/mol. The van der Waals surface area contributed by atoms with E-state index in [1.54, 1.807) is 19.1 Å². The Kier molecular flexibility index (Phi) is 7.19. The van der Waals surface area contributed by atoms with Gasteiger partial charge in [-0.25, -0.2) is 4.79 Å². The summed E-state index contributed by atoms with van der Waals surface area (Å²) in [4.78, 5) is 12.3. The fourth-order valence-corrected chi connectivity index (χ4v) is 3.34. The van der Waals surface area contributed by atoms with Crippen LogP contribution in [-0.2, 0) is 22.6 Å². The van der Waals surface area contributed by atoms with Gasteiger partial charge in [-0.05, 0) is 60.6 Å². The first-order chi connectivity index (χ1) is 14.4. The molecule has 0 bridgehead atoms. The summed E-state index contributed by atoms with van der Waals surface area (Å²) in [5.74, 6) is -0.169. The highest BCUT2D eigenvalue weighted by atomic mass is 19.4. The van der Waals surface area contributed by atoms with Gasteiger partial charge in [0.2, 0.25) is 0 Å². The zero-order valence-corrected chi connectivity index (χ0v) is 16.9. The van der Waals surface area contributed by atoms with Gasteiger partial charge >= 0.3 is 12.1 Å².